The van der Waals surface area contributed by atoms with E-state index in [4.69, 9.17) is 23.7 Å². The van der Waals surface area contributed by atoms with E-state index in [0.717, 1.165) is 37.0 Å². The van der Waals surface area contributed by atoms with Gasteiger partial charge in [-0.2, -0.15) is 0 Å². The normalized spacial score (nSPS) is 17.9. The van der Waals surface area contributed by atoms with Crippen molar-refractivity contribution >= 4 is 11.9 Å². The maximum atomic E-state index is 12.1. The van der Waals surface area contributed by atoms with Gasteiger partial charge in [0, 0.05) is 13.0 Å². The molecular weight excluding hydrogens is 400 g/mol. The summed E-state index contributed by atoms with van der Waals surface area (Å²) < 4.78 is 27.0. The third-order valence-corrected chi connectivity index (χ3v) is 5.15. The van der Waals surface area contributed by atoms with Crippen LogP contribution in [0.3, 0.4) is 0 Å². The molecule has 2 rings (SSSR count). The van der Waals surface area contributed by atoms with E-state index < -0.39 is 24.0 Å². The summed E-state index contributed by atoms with van der Waals surface area (Å²) in [5, 5.41) is 0. The molecule has 0 aromatic heterocycles. The number of carbonyl (C=O) groups excluding carboxylic acids is 2. The van der Waals surface area contributed by atoms with Gasteiger partial charge in [0.05, 0.1) is 33.5 Å². The van der Waals surface area contributed by atoms with E-state index in [0.29, 0.717) is 19.6 Å². The fraction of sp³-hybridized carbons (Fsp3) is 0.583. The van der Waals surface area contributed by atoms with Crippen LogP contribution in [-0.2, 0) is 39.9 Å². The van der Waals surface area contributed by atoms with Crippen molar-refractivity contribution in [2.24, 2.45) is 5.92 Å². The number of rotatable bonds is 12. The van der Waals surface area contributed by atoms with Gasteiger partial charge in [0.25, 0.3) is 0 Å². The van der Waals surface area contributed by atoms with Crippen LogP contribution < -0.4 is 0 Å². The third-order valence-electron chi connectivity index (χ3n) is 5.15. The summed E-state index contributed by atoms with van der Waals surface area (Å²) in [6.45, 7) is 3.62. The highest BCUT2D eigenvalue weighted by atomic mass is 16.7. The molecule has 1 fully saturated rings. The zero-order chi connectivity index (χ0) is 22.5. The molecule has 2 unspecified atom stereocenters. The van der Waals surface area contributed by atoms with Crippen LogP contribution in [0.5, 0.6) is 0 Å². The van der Waals surface area contributed by atoms with E-state index in [1.807, 2.05) is 43.3 Å². The molecule has 0 amide bonds. The molecule has 7 heteroatoms. The fourth-order valence-corrected chi connectivity index (χ4v) is 3.36. The molecule has 0 spiro atoms. The van der Waals surface area contributed by atoms with Crippen molar-refractivity contribution in [1.82, 2.24) is 0 Å². The predicted molar refractivity (Wildman–Crippen MR) is 115 cm³/mol. The molecule has 172 valence electrons. The Morgan fingerprint density at radius 3 is 2.45 bits per heavy atom. The van der Waals surface area contributed by atoms with Gasteiger partial charge < -0.3 is 23.7 Å². The highest BCUT2D eigenvalue weighted by Gasteiger charge is 2.31. The lowest BCUT2D eigenvalue weighted by Gasteiger charge is -2.23. The van der Waals surface area contributed by atoms with E-state index in [2.05, 4.69) is 0 Å². The lowest BCUT2D eigenvalue weighted by atomic mass is 9.99. The van der Waals surface area contributed by atoms with Gasteiger partial charge in [-0.15, -0.1) is 0 Å². The van der Waals surface area contributed by atoms with E-state index in [-0.39, 0.29) is 12.7 Å². The minimum absolute atomic E-state index is 0.130. The fourth-order valence-electron chi connectivity index (χ4n) is 3.36. The smallest absolute Gasteiger partial charge is 0.320 e. The predicted octanol–water partition coefficient (Wildman–Crippen LogP) is 3.80. The standard InChI is InChI=1S/C24H34O7/c1-18(12-14-30-22-11-7-8-13-29-22)15-20(31-17-19-9-5-4-6-10-19)16-21(23(25)27-2)24(26)28-3/h4-6,9-10,15,20-22H,7-8,11-14,16-17H2,1-3H3/b18-15-. The molecule has 1 heterocycles. The van der Waals surface area contributed by atoms with E-state index >= 15 is 0 Å². The van der Waals surface area contributed by atoms with Gasteiger partial charge in [-0.3, -0.25) is 9.59 Å². The molecule has 31 heavy (non-hydrogen) atoms. The van der Waals surface area contributed by atoms with Crippen LogP contribution in [0, 0.1) is 5.92 Å². The van der Waals surface area contributed by atoms with Crippen molar-refractivity contribution in [2.75, 3.05) is 27.4 Å². The molecule has 1 aromatic carbocycles. The number of esters is 2. The van der Waals surface area contributed by atoms with Crippen LogP contribution in [0.4, 0.5) is 0 Å². The van der Waals surface area contributed by atoms with Gasteiger partial charge in [-0.25, -0.2) is 0 Å². The molecule has 7 nitrogen and oxygen atoms in total. The van der Waals surface area contributed by atoms with Crippen molar-refractivity contribution < 1.29 is 33.3 Å². The largest absolute Gasteiger partial charge is 0.468 e. The summed E-state index contributed by atoms with van der Waals surface area (Å²) in [4.78, 5) is 24.2. The zero-order valence-corrected chi connectivity index (χ0v) is 18.7. The Kier molecular flexibility index (Phi) is 11.3. The minimum atomic E-state index is -1.05. The van der Waals surface area contributed by atoms with E-state index in [1.165, 1.54) is 14.2 Å². The number of hydrogen-bond donors (Lipinski definition) is 0. The Morgan fingerprint density at radius 2 is 1.84 bits per heavy atom. The summed E-state index contributed by atoms with van der Waals surface area (Å²) in [6, 6.07) is 9.73. The average Bonchev–Trinajstić information content (AvgIpc) is 2.81. The maximum absolute atomic E-state index is 12.1. The third kappa shape index (κ3) is 9.21. The molecule has 0 aliphatic carbocycles. The van der Waals surface area contributed by atoms with Crippen LogP contribution in [-0.4, -0.2) is 51.8 Å². The quantitative estimate of drug-likeness (QED) is 0.281. The minimum Gasteiger partial charge on any atom is -0.468 e. The van der Waals surface area contributed by atoms with Gasteiger partial charge in [0.15, 0.2) is 12.2 Å². The van der Waals surface area contributed by atoms with Crippen LogP contribution in [0.15, 0.2) is 42.0 Å². The molecule has 0 radical (unpaired) electrons. The molecule has 0 bridgehead atoms. The number of benzene rings is 1. The van der Waals surface area contributed by atoms with Crippen molar-refractivity contribution in [2.45, 2.75) is 58.0 Å². The van der Waals surface area contributed by atoms with Gasteiger partial charge >= 0.3 is 11.9 Å². The molecule has 1 aliphatic rings. The first kappa shape index (κ1) is 25.0. The lowest BCUT2D eigenvalue weighted by molar-refractivity contribution is -0.162. The second-order valence-electron chi connectivity index (χ2n) is 7.60. The van der Waals surface area contributed by atoms with E-state index in [1.54, 1.807) is 0 Å². The summed E-state index contributed by atoms with van der Waals surface area (Å²) in [6.07, 6.45) is 5.31. The Labute approximate surface area is 184 Å². The summed E-state index contributed by atoms with van der Waals surface area (Å²) in [7, 11) is 2.51. The topological polar surface area (TPSA) is 80.3 Å². The van der Waals surface area contributed by atoms with Gasteiger partial charge in [-0.1, -0.05) is 42.0 Å². The Bertz CT molecular complexity index is 679. The molecular formula is C24H34O7. The van der Waals surface area contributed by atoms with E-state index in [9.17, 15) is 9.59 Å². The van der Waals surface area contributed by atoms with Crippen LogP contribution in [0.25, 0.3) is 0 Å². The molecule has 0 N–H and O–H groups in total. The number of ether oxygens (including phenoxy) is 5. The second-order valence-corrected chi connectivity index (χ2v) is 7.60. The highest BCUT2D eigenvalue weighted by Crippen LogP contribution is 2.19. The summed E-state index contributed by atoms with van der Waals surface area (Å²) in [5.74, 6) is -2.32. The summed E-state index contributed by atoms with van der Waals surface area (Å²) in [5.41, 5.74) is 2.05. The monoisotopic (exact) mass is 434 g/mol. The molecule has 2 atom stereocenters. The van der Waals surface area contributed by atoms with Crippen LogP contribution in [0.1, 0.15) is 44.6 Å². The number of hydrogen-bond acceptors (Lipinski definition) is 7. The van der Waals surface area contributed by atoms with Crippen molar-refractivity contribution in [3.05, 3.63) is 47.5 Å². The van der Waals surface area contributed by atoms with Crippen LogP contribution >= 0.6 is 0 Å². The Morgan fingerprint density at radius 1 is 1.13 bits per heavy atom. The molecule has 1 aromatic rings. The molecule has 1 aliphatic heterocycles. The summed E-state index contributed by atoms with van der Waals surface area (Å²) >= 11 is 0. The first-order valence-corrected chi connectivity index (χ1v) is 10.7. The average molecular weight is 435 g/mol. The SMILES string of the molecule is COC(=O)C(CC(/C=C(/C)CCOC1CCCCO1)OCc1ccccc1)C(=O)OC. The second kappa shape index (κ2) is 14.0. The van der Waals surface area contributed by atoms with Crippen molar-refractivity contribution in [3.8, 4) is 0 Å². The van der Waals surface area contributed by atoms with Gasteiger partial charge in [-0.05, 0) is 38.2 Å². The Hall–Kier alpha value is -2.22. The van der Waals surface area contributed by atoms with Crippen molar-refractivity contribution in [3.63, 3.8) is 0 Å². The van der Waals surface area contributed by atoms with Gasteiger partial charge in [0.1, 0.15) is 0 Å². The maximum Gasteiger partial charge on any atom is 0.320 e. The van der Waals surface area contributed by atoms with Crippen LogP contribution in [0.2, 0.25) is 0 Å². The number of methoxy groups -OCH3 is 2. The number of carbonyl (C=O) groups is 2. The lowest BCUT2D eigenvalue weighted by Crippen LogP contribution is -2.31. The molecule has 1 saturated heterocycles. The van der Waals surface area contributed by atoms with Gasteiger partial charge in [0.2, 0.25) is 0 Å². The first-order valence-electron chi connectivity index (χ1n) is 10.7. The first-order chi connectivity index (χ1) is 15.0. The molecule has 0 saturated carbocycles. The van der Waals surface area contributed by atoms with Crippen molar-refractivity contribution in [1.29, 1.82) is 0 Å². The zero-order valence-electron chi connectivity index (χ0n) is 18.7. The Balaban J connectivity index is 2.00. The highest BCUT2D eigenvalue weighted by molar-refractivity contribution is 5.94.